The predicted molar refractivity (Wildman–Crippen MR) is 102 cm³/mol. The van der Waals surface area contributed by atoms with Crippen LogP contribution in [-0.2, 0) is 19.4 Å². The van der Waals surface area contributed by atoms with E-state index in [1.54, 1.807) is 42.5 Å². The average molecular weight is 406 g/mol. The molecule has 1 heterocycles. The fraction of sp³-hybridized carbons (Fsp3) is 0.158. The second-order valence-electron chi connectivity index (χ2n) is 5.91. The molecular formula is C19H16ClNO5S. The molecule has 1 atom stereocenters. The van der Waals surface area contributed by atoms with E-state index in [1.165, 1.54) is 23.1 Å². The van der Waals surface area contributed by atoms with Gasteiger partial charge in [0.2, 0.25) is 0 Å². The first kappa shape index (κ1) is 19.1. The van der Waals surface area contributed by atoms with Crippen LogP contribution >= 0.6 is 11.6 Å². The standard InChI is InChI=1S/C19H16ClNO5S/c20-15-8-6-14(7-9-15)19(23)26-12-18(22)21(16-4-2-1-3-5-16)17-10-11-27(24,25)13-17/h1-11,17H,12-13H2. The van der Waals surface area contributed by atoms with Gasteiger partial charge in [-0.15, -0.1) is 0 Å². The minimum Gasteiger partial charge on any atom is -0.452 e. The molecule has 0 saturated carbocycles. The average Bonchev–Trinajstić information content (AvgIpc) is 3.00. The molecule has 0 radical (unpaired) electrons. The molecule has 0 saturated heterocycles. The van der Waals surface area contributed by atoms with Gasteiger partial charge >= 0.3 is 5.97 Å². The van der Waals surface area contributed by atoms with Crippen molar-refractivity contribution >= 4 is 39.0 Å². The van der Waals surface area contributed by atoms with E-state index in [-0.39, 0.29) is 11.3 Å². The first-order valence-electron chi connectivity index (χ1n) is 8.06. The molecule has 1 aliphatic rings. The number of hydrogen-bond acceptors (Lipinski definition) is 5. The topological polar surface area (TPSA) is 80.8 Å². The molecule has 0 aliphatic carbocycles. The summed E-state index contributed by atoms with van der Waals surface area (Å²) in [5, 5.41) is 1.58. The fourth-order valence-electron chi connectivity index (χ4n) is 2.70. The van der Waals surface area contributed by atoms with Crippen molar-refractivity contribution in [2.24, 2.45) is 0 Å². The molecule has 0 spiro atoms. The maximum atomic E-state index is 12.7. The molecule has 6 nitrogen and oxygen atoms in total. The van der Waals surface area contributed by atoms with Crippen LogP contribution in [-0.4, -0.2) is 38.7 Å². The third-order valence-corrected chi connectivity index (χ3v) is 5.58. The Labute approximate surface area is 161 Å². The third-order valence-electron chi connectivity index (χ3n) is 3.95. The Morgan fingerprint density at radius 2 is 1.74 bits per heavy atom. The van der Waals surface area contributed by atoms with Gasteiger partial charge in [-0.05, 0) is 42.5 Å². The number of nitrogens with zero attached hydrogens (tertiary/aromatic N) is 1. The first-order chi connectivity index (χ1) is 12.9. The number of benzene rings is 2. The number of amides is 1. The normalized spacial score (nSPS) is 17.4. The Morgan fingerprint density at radius 1 is 1.07 bits per heavy atom. The summed E-state index contributed by atoms with van der Waals surface area (Å²) in [7, 11) is -3.36. The maximum absolute atomic E-state index is 12.7. The van der Waals surface area contributed by atoms with Gasteiger partial charge in [-0.3, -0.25) is 4.79 Å². The third kappa shape index (κ3) is 4.75. The first-order valence-corrected chi connectivity index (χ1v) is 10.2. The van der Waals surface area contributed by atoms with Gasteiger partial charge in [0, 0.05) is 16.1 Å². The number of carbonyl (C=O) groups excluding carboxylic acids is 2. The zero-order valence-electron chi connectivity index (χ0n) is 14.1. The number of hydrogen-bond donors (Lipinski definition) is 0. The van der Waals surface area contributed by atoms with Gasteiger partial charge in [-0.2, -0.15) is 0 Å². The zero-order chi connectivity index (χ0) is 19.4. The van der Waals surface area contributed by atoms with Gasteiger partial charge in [-0.1, -0.05) is 29.8 Å². The monoisotopic (exact) mass is 405 g/mol. The molecule has 0 fully saturated rings. The lowest BCUT2D eigenvalue weighted by Gasteiger charge is -2.27. The molecule has 1 unspecified atom stereocenters. The van der Waals surface area contributed by atoms with E-state index in [0.717, 1.165) is 5.41 Å². The summed E-state index contributed by atoms with van der Waals surface area (Å²) in [5.74, 6) is -1.39. The van der Waals surface area contributed by atoms with E-state index in [4.69, 9.17) is 16.3 Å². The summed E-state index contributed by atoms with van der Waals surface area (Å²) >= 11 is 5.78. The molecule has 140 valence electrons. The molecule has 27 heavy (non-hydrogen) atoms. The molecule has 2 aromatic carbocycles. The SMILES string of the molecule is O=C(OCC(=O)N(c1ccccc1)C1C=CS(=O)(=O)C1)c1ccc(Cl)cc1. The van der Waals surface area contributed by atoms with Crippen LogP contribution in [0.1, 0.15) is 10.4 Å². The van der Waals surface area contributed by atoms with Crippen LogP contribution in [0, 0.1) is 0 Å². The Kier molecular flexibility index (Phi) is 5.62. The van der Waals surface area contributed by atoms with E-state index in [0.29, 0.717) is 10.7 Å². The smallest absolute Gasteiger partial charge is 0.338 e. The highest BCUT2D eigenvalue weighted by atomic mass is 35.5. The molecule has 0 N–H and O–H groups in total. The van der Waals surface area contributed by atoms with Crippen LogP contribution < -0.4 is 4.90 Å². The van der Waals surface area contributed by atoms with Crippen LogP contribution in [0.3, 0.4) is 0 Å². The largest absolute Gasteiger partial charge is 0.452 e. The van der Waals surface area contributed by atoms with Gasteiger partial charge in [0.1, 0.15) is 0 Å². The summed E-state index contributed by atoms with van der Waals surface area (Å²) in [6, 6.07) is 14.1. The highest BCUT2D eigenvalue weighted by Gasteiger charge is 2.31. The molecule has 0 bridgehead atoms. The van der Waals surface area contributed by atoms with Crippen LogP contribution in [0.4, 0.5) is 5.69 Å². The van der Waals surface area contributed by atoms with E-state index in [1.807, 2.05) is 0 Å². The Balaban J connectivity index is 1.74. The van der Waals surface area contributed by atoms with E-state index in [9.17, 15) is 18.0 Å². The molecule has 3 rings (SSSR count). The highest BCUT2D eigenvalue weighted by Crippen LogP contribution is 2.23. The number of anilines is 1. The van der Waals surface area contributed by atoms with E-state index in [2.05, 4.69) is 0 Å². The van der Waals surface area contributed by atoms with Crippen molar-refractivity contribution in [2.45, 2.75) is 6.04 Å². The van der Waals surface area contributed by atoms with Gasteiger partial charge in [0.05, 0.1) is 17.4 Å². The number of esters is 1. The van der Waals surface area contributed by atoms with Crippen molar-refractivity contribution in [3.63, 3.8) is 0 Å². The van der Waals surface area contributed by atoms with E-state index < -0.39 is 34.4 Å². The minimum absolute atomic E-state index is 0.210. The van der Waals surface area contributed by atoms with Gasteiger partial charge < -0.3 is 9.64 Å². The van der Waals surface area contributed by atoms with Crippen molar-refractivity contribution in [3.8, 4) is 0 Å². The molecule has 2 aromatic rings. The van der Waals surface area contributed by atoms with Crippen molar-refractivity contribution < 1.29 is 22.7 Å². The van der Waals surface area contributed by atoms with Crippen molar-refractivity contribution in [3.05, 3.63) is 76.7 Å². The Morgan fingerprint density at radius 3 is 2.33 bits per heavy atom. The van der Waals surface area contributed by atoms with Crippen molar-refractivity contribution in [1.82, 2.24) is 0 Å². The predicted octanol–water partition coefficient (Wildman–Crippen LogP) is 2.84. The number of ether oxygens (including phenoxy) is 1. The molecular weight excluding hydrogens is 390 g/mol. The molecule has 0 aromatic heterocycles. The maximum Gasteiger partial charge on any atom is 0.338 e. The summed E-state index contributed by atoms with van der Waals surface area (Å²) in [6.07, 6.45) is 1.46. The quantitative estimate of drug-likeness (QED) is 0.714. The molecule has 1 amide bonds. The number of halogens is 1. The Bertz CT molecular complexity index is 971. The summed E-state index contributed by atoms with van der Waals surface area (Å²) in [6.45, 7) is -0.513. The number of rotatable bonds is 5. The summed E-state index contributed by atoms with van der Waals surface area (Å²) in [4.78, 5) is 26.2. The van der Waals surface area contributed by atoms with Crippen LogP contribution in [0.15, 0.2) is 66.1 Å². The minimum atomic E-state index is -3.36. The summed E-state index contributed by atoms with van der Waals surface area (Å²) in [5.41, 5.74) is 0.790. The second-order valence-corrected chi connectivity index (χ2v) is 8.28. The van der Waals surface area contributed by atoms with Crippen molar-refractivity contribution in [2.75, 3.05) is 17.3 Å². The van der Waals surface area contributed by atoms with Crippen LogP contribution in [0.2, 0.25) is 5.02 Å². The van der Waals surface area contributed by atoms with Crippen LogP contribution in [0.25, 0.3) is 0 Å². The lowest BCUT2D eigenvalue weighted by molar-refractivity contribution is -0.121. The number of para-hydroxylation sites is 1. The van der Waals surface area contributed by atoms with Gasteiger partial charge in [-0.25, -0.2) is 13.2 Å². The summed E-state index contributed by atoms with van der Waals surface area (Å²) < 4.78 is 28.6. The van der Waals surface area contributed by atoms with Gasteiger partial charge in [0.25, 0.3) is 5.91 Å². The number of carbonyl (C=O) groups is 2. The van der Waals surface area contributed by atoms with E-state index >= 15 is 0 Å². The lowest BCUT2D eigenvalue weighted by atomic mass is 10.2. The number of sulfone groups is 1. The van der Waals surface area contributed by atoms with Crippen LogP contribution in [0.5, 0.6) is 0 Å². The van der Waals surface area contributed by atoms with Crippen molar-refractivity contribution in [1.29, 1.82) is 0 Å². The zero-order valence-corrected chi connectivity index (χ0v) is 15.7. The lowest BCUT2D eigenvalue weighted by Crippen LogP contribution is -2.43. The van der Waals surface area contributed by atoms with Gasteiger partial charge in [0.15, 0.2) is 16.4 Å². The second kappa shape index (κ2) is 7.94. The highest BCUT2D eigenvalue weighted by molar-refractivity contribution is 7.94. The Hall–Kier alpha value is -2.64. The molecule has 1 aliphatic heterocycles. The molecule has 8 heteroatoms. The fourth-order valence-corrected chi connectivity index (χ4v) is 4.09.